The molecule has 0 spiro atoms. The zero-order valence-electron chi connectivity index (χ0n) is 16.8. The van der Waals surface area contributed by atoms with Crippen molar-refractivity contribution in [2.75, 3.05) is 18.5 Å². The fraction of sp³-hybridized carbons (Fsp3) is 0.333. The Bertz CT molecular complexity index is 969. The third kappa shape index (κ3) is 6.69. The van der Waals surface area contributed by atoms with Gasteiger partial charge in [0.1, 0.15) is 0 Å². The number of esters is 1. The maximum absolute atomic E-state index is 12.2. The summed E-state index contributed by atoms with van der Waals surface area (Å²) in [5.74, 6) is -1.10. The fourth-order valence-electron chi connectivity index (χ4n) is 2.68. The van der Waals surface area contributed by atoms with Crippen molar-refractivity contribution in [3.8, 4) is 0 Å². The minimum Gasteiger partial charge on any atom is -0.456 e. The summed E-state index contributed by atoms with van der Waals surface area (Å²) in [5.41, 5.74) is 3.59. The first kappa shape index (κ1) is 22.6. The molecule has 0 aliphatic rings. The molecule has 2 aromatic carbocycles. The van der Waals surface area contributed by atoms with E-state index in [2.05, 4.69) is 10.0 Å². The van der Waals surface area contributed by atoms with Crippen LogP contribution in [0.15, 0.2) is 47.4 Å². The second-order valence-corrected chi connectivity index (χ2v) is 8.40. The number of hydrogen-bond donors (Lipinski definition) is 2. The summed E-state index contributed by atoms with van der Waals surface area (Å²) in [6.07, 6.45) is 0.584. The highest BCUT2D eigenvalue weighted by atomic mass is 32.2. The number of anilines is 1. The molecule has 0 atom stereocenters. The number of amides is 1. The third-order valence-electron chi connectivity index (χ3n) is 4.32. The Morgan fingerprint density at radius 2 is 1.72 bits per heavy atom. The predicted octanol–water partition coefficient (Wildman–Crippen LogP) is 2.72. The molecule has 0 bridgehead atoms. The van der Waals surface area contributed by atoms with Crippen LogP contribution >= 0.6 is 0 Å². The smallest absolute Gasteiger partial charge is 0.307 e. The number of carbonyl (C=O) groups is 2. The minimum absolute atomic E-state index is 0.117. The highest BCUT2D eigenvalue weighted by Gasteiger charge is 2.15. The fourth-order valence-corrected chi connectivity index (χ4v) is 3.72. The number of aryl methyl sites for hydroxylation is 3. The molecule has 0 unspecified atom stereocenters. The van der Waals surface area contributed by atoms with Crippen LogP contribution in [0.2, 0.25) is 0 Å². The summed E-state index contributed by atoms with van der Waals surface area (Å²) in [6, 6.07) is 12.1. The normalized spacial score (nSPS) is 11.1. The van der Waals surface area contributed by atoms with Crippen LogP contribution in [0.3, 0.4) is 0 Å². The van der Waals surface area contributed by atoms with Crippen LogP contribution in [0.5, 0.6) is 0 Å². The lowest BCUT2D eigenvalue weighted by atomic mass is 10.1. The molecule has 0 aromatic heterocycles. The van der Waals surface area contributed by atoms with Crippen LogP contribution in [-0.4, -0.2) is 33.4 Å². The molecule has 0 saturated carbocycles. The molecule has 0 saturated heterocycles. The summed E-state index contributed by atoms with van der Waals surface area (Å²) in [7, 11) is -3.69. The lowest BCUT2D eigenvalue weighted by Gasteiger charge is -2.13. The summed E-state index contributed by atoms with van der Waals surface area (Å²) < 4.78 is 31.6. The van der Waals surface area contributed by atoms with Crippen molar-refractivity contribution in [3.63, 3.8) is 0 Å². The van der Waals surface area contributed by atoms with E-state index in [1.54, 1.807) is 12.1 Å². The van der Waals surface area contributed by atoms with Gasteiger partial charge in [-0.25, -0.2) is 13.1 Å². The van der Waals surface area contributed by atoms with Gasteiger partial charge in [0.25, 0.3) is 5.91 Å². The van der Waals surface area contributed by atoms with Gasteiger partial charge in [-0.2, -0.15) is 0 Å². The molecular weight excluding hydrogens is 392 g/mol. The first-order chi connectivity index (χ1) is 13.7. The van der Waals surface area contributed by atoms with Crippen LogP contribution in [0.25, 0.3) is 0 Å². The topological polar surface area (TPSA) is 102 Å². The Morgan fingerprint density at radius 3 is 2.38 bits per heavy atom. The number of carbonyl (C=O) groups excluding carboxylic acids is 2. The van der Waals surface area contributed by atoms with Crippen molar-refractivity contribution in [2.45, 2.75) is 38.5 Å². The highest BCUT2D eigenvalue weighted by molar-refractivity contribution is 7.89. The molecule has 7 nitrogen and oxygen atoms in total. The zero-order chi connectivity index (χ0) is 21.4. The molecule has 0 fully saturated rings. The number of sulfonamides is 1. The van der Waals surface area contributed by atoms with Crippen molar-refractivity contribution in [2.24, 2.45) is 0 Å². The Kier molecular flexibility index (Phi) is 7.92. The van der Waals surface area contributed by atoms with E-state index in [1.807, 2.05) is 39.0 Å². The number of benzene rings is 2. The standard InChI is InChI=1S/C21H26N2O5S/c1-4-17-7-5-6-16(3)21(17)23-19(24)14-28-20(25)12-13-22-29(26,27)18-10-8-15(2)9-11-18/h5-11,22H,4,12-14H2,1-3H3,(H,23,24). The van der Waals surface area contributed by atoms with Gasteiger partial charge in [-0.1, -0.05) is 42.8 Å². The van der Waals surface area contributed by atoms with Crippen molar-refractivity contribution in [3.05, 3.63) is 59.2 Å². The molecule has 8 heteroatoms. The number of para-hydroxylation sites is 1. The summed E-state index contributed by atoms with van der Waals surface area (Å²) in [6.45, 7) is 5.19. The number of rotatable bonds is 9. The van der Waals surface area contributed by atoms with E-state index in [9.17, 15) is 18.0 Å². The lowest BCUT2D eigenvalue weighted by molar-refractivity contribution is -0.147. The van der Waals surface area contributed by atoms with Crippen LogP contribution in [-0.2, 0) is 30.8 Å². The molecule has 156 valence electrons. The van der Waals surface area contributed by atoms with Gasteiger partial charge >= 0.3 is 5.97 Å². The third-order valence-corrected chi connectivity index (χ3v) is 5.80. The molecule has 0 heterocycles. The molecule has 2 aromatic rings. The highest BCUT2D eigenvalue weighted by Crippen LogP contribution is 2.20. The van der Waals surface area contributed by atoms with Gasteiger partial charge in [0.15, 0.2) is 6.61 Å². The molecule has 0 aliphatic heterocycles. The average molecular weight is 419 g/mol. The number of nitrogens with one attached hydrogen (secondary N) is 2. The van der Waals surface area contributed by atoms with E-state index >= 15 is 0 Å². The van der Waals surface area contributed by atoms with Gasteiger partial charge in [-0.05, 0) is 43.5 Å². The maximum Gasteiger partial charge on any atom is 0.307 e. The van der Waals surface area contributed by atoms with Gasteiger partial charge in [0.05, 0.1) is 11.3 Å². The predicted molar refractivity (Wildman–Crippen MR) is 111 cm³/mol. The van der Waals surface area contributed by atoms with Gasteiger partial charge < -0.3 is 10.1 Å². The van der Waals surface area contributed by atoms with Crippen molar-refractivity contribution >= 4 is 27.6 Å². The van der Waals surface area contributed by atoms with Crippen molar-refractivity contribution in [1.29, 1.82) is 0 Å². The van der Waals surface area contributed by atoms with Gasteiger partial charge in [0.2, 0.25) is 10.0 Å². The summed E-state index contributed by atoms with van der Waals surface area (Å²) in [4.78, 5) is 24.0. The second kappa shape index (κ2) is 10.2. The molecule has 2 rings (SSSR count). The van der Waals surface area contributed by atoms with Crippen molar-refractivity contribution < 1.29 is 22.7 Å². The summed E-state index contributed by atoms with van der Waals surface area (Å²) >= 11 is 0. The zero-order valence-corrected chi connectivity index (χ0v) is 17.6. The Labute approximate surface area is 171 Å². The van der Waals surface area contributed by atoms with E-state index in [0.29, 0.717) is 0 Å². The molecule has 0 radical (unpaired) electrons. The van der Waals surface area contributed by atoms with Crippen LogP contribution in [0, 0.1) is 13.8 Å². The number of ether oxygens (including phenoxy) is 1. The van der Waals surface area contributed by atoms with Gasteiger partial charge in [-0.3, -0.25) is 9.59 Å². The maximum atomic E-state index is 12.2. The largest absolute Gasteiger partial charge is 0.456 e. The van der Waals surface area contributed by atoms with E-state index in [-0.39, 0.29) is 17.9 Å². The molecule has 0 aliphatic carbocycles. The molecule has 2 N–H and O–H groups in total. The second-order valence-electron chi connectivity index (χ2n) is 6.63. The van der Waals surface area contributed by atoms with Crippen LogP contribution in [0.4, 0.5) is 5.69 Å². The van der Waals surface area contributed by atoms with Gasteiger partial charge in [-0.15, -0.1) is 0 Å². The Hall–Kier alpha value is -2.71. The average Bonchev–Trinajstić information content (AvgIpc) is 2.68. The van der Waals surface area contributed by atoms with Crippen molar-refractivity contribution in [1.82, 2.24) is 4.72 Å². The molecule has 1 amide bonds. The minimum atomic E-state index is -3.69. The number of hydrogen-bond acceptors (Lipinski definition) is 5. The Balaban J connectivity index is 1.78. The Morgan fingerprint density at radius 1 is 1.03 bits per heavy atom. The van der Waals surface area contributed by atoms with E-state index < -0.39 is 28.5 Å². The first-order valence-corrected chi connectivity index (χ1v) is 10.8. The quantitative estimate of drug-likeness (QED) is 0.610. The van der Waals surface area contributed by atoms with Gasteiger partial charge in [0, 0.05) is 12.2 Å². The first-order valence-electron chi connectivity index (χ1n) is 9.33. The SMILES string of the molecule is CCc1cccc(C)c1NC(=O)COC(=O)CCNS(=O)(=O)c1ccc(C)cc1. The van der Waals surface area contributed by atoms with E-state index in [4.69, 9.17) is 4.74 Å². The van der Waals surface area contributed by atoms with E-state index in [0.717, 1.165) is 28.8 Å². The van der Waals surface area contributed by atoms with Crippen LogP contribution in [0.1, 0.15) is 30.0 Å². The summed E-state index contributed by atoms with van der Waals surface area (Å²) in [5, 5.41) is 2.76. The molecule has 29 heavy (non-hydrogen) atoms. The van der Waals surface area contributed by atoms with E-state index in [1.165, 1.54) is 12.1 Å². The van der Waals surface area contributed by atoms with Crippen LogP contribution < -0.4 is 10.0 Å². The lowest BCUT2D eigenvalue weighted by Crippen LogP contribution is -2.28. The molecular formula is C21H26N2O5S. The monoisotopic (exact) mass is 418 g/mol.